The summed E-state index contributed by atoms with van der Waals surface area (Å²) in [4.78, 5) is 12.7. The maximum absolute atomic E-state index is 12.7. The quantitative estimate of drug-likeness (QED) is 0.840. The minimum atomic E-state index is -3.72. The Balaban J connectivity index is 1.81. The molecule has 1 saturated carbocycles. The third-order valence-corrected chi connectivity index (χ3v) is 6.66. The fourth-order valence-electron chi connectivity index (χ4n) is 3.55. The van der Waals surface area contributed by atoms with Crippen LogP contribution >= 0.6 is 0 Å². The van der Waals surface area contributed by atoms with Crippen molar-refractivity contribution in [3.8, 4) is 5.75 Å². The molecule has 2 aliphatic rings. The Morgan fingerprint density at radius 1 is 1.32 bits per heavy atom. The summed E-state index contributed by atoms with van der Waals surface area (Å²) in [5, 5.41) is 3.01. The van der Waals surface area contributed by atoms with Crippen molar-refractivity contribution in [1.29, 1.82) is 0 Å². The molecule has 3 rings (SSSR count). The van der Waals surface area contributed by atoms with E-state index in [1.165, 1.54) is 7.05 Å². The molecule has 1 aromatic carbocycles. The molecule has 0 bridgehead atoms. The van der Waals surface area contributed by atoms with Gasteiger partial charge < -0.3 is 10.1 Å². The van der Waals surface area contributed by atoms with Crippen LogP contribution in [0.2, 0.25) is 0 Å². The van der Waals surface area contributed by atoms with E-state index < -0.39 is 22.3 Å². The lowest BCUT2D eigenvalue weighted by Crippen LogP contribution is -2.58. The molecule has 1 heterocycles. The van der Waals surface area contributed by atoms with Gasteiger partial charge in [0.1, 0.15) is 11.8 Å². The van der Waals surface area contributed by atoms with E-state index in [-0.39, 0.29) is 11.9 Å². The average Bonchev–Trinajstić information content (AvgIpc) is 3.10. The lowest BCUT2D eigenvalue weighted by molar-refractivity contribution is -0.126. The SMILES string of the molecule is COc1cccc(C2CC(C(=O)NC3CCCC3)N(C)S(=O)(=O)N2)c1. The van der Waals surface area contributed by atoms with E-state index in [0.717, 1.165) is 35.6 Å². The van der Waals surface area contributed by atoms with Gasteiger partial charge in [-0.25, -0.2) is 0 Å². The van der Waals surface area contributed by atoms with E-state index in [2.05, 4.69) is 10.0 Å². The molecular formula is C17H25N3O4S. The topological polar surface area (TPSA) is 87.7 Å². The molecule has 1 amide bonds. The minimum absolute atomic E-state index is 0.161. The zero-order chi connectivity index (χ0) is 18.0. The van der Waals surface area contributed by atoms with E-state index in [1.54, 1.807) is 19.2 Å². The number of likely N-dealkylation sites (N-methyl/N-ethyl adjacent to an activating group) is 1. The summed E-state index contributed by atoms with van der Waals surface area (Å²) in [5.74, 6) is 0.440. The highest BCUT2D eigenvalue weighted by Gasteiger charge is 2.41. The first kappa shape index (κ1) is 18.2. The van der Waals surface area contributed by atoms with Gasteiger partial charge in [0.25, 0.3) is 10.2 Å². The zero-order valence-electron chi connectivity index (χ0n) is 14.6. The largest absolute Gasteiger partial charge is 0.497 e. The molecule has 138 valence electrons. The van der Waals surface area contributed by atoms with Crippen molar-refractivity contribution in [3.63, 3.8) is 0 Å². The number of carbonyl (C=O) groups excluding carboxylic acids is 1. The van der Waals surface area contributed by atoms with E-state index >= 15 is 0 Å². The monoisotopic (exact) mass is 367 g/mol. The van der Waals surface area contributed by atoms with E-state index in [4.69, 9.17) is 4.74 Å². The number of ether oxygens (including phenoxy) is 1. The summed E-state index contributed by atoms with van der Waals surface area (Å²) >= 11 is 0. The number of carbonyl (C=O) groups is 1. The third-order valence-electron chi connectivity index (χ3n) is 5.07. The Hall–Kier alpha value is -1.64. The molecule has 2 unspecified atom stereocenters. The van der Waals surface area contributed by atoms with Crippen molar-refractivity contribution < 1.29 is 17.9 Å². The minimum Gasteiger partial charge on any atom is -0.497 e. The summed E-state index contributed by atoms with van der Waals surface area (Å²) in [5.41, 5.74) is 0.787. The van der Waals surface area contributed by atoms with Crippen LogP contribution in [0.1, 0.15) is 43.7 Å². The first-order valence-electron chi connectivity index (χ1n) is 8.60. The van der Waals surface area contributed by atoms with Crippen molar-refractivity contribution in [2.45, 2.75) is 50.2 Å². The molecule has 1 aliphatic carbocycles. The van der Waals surface area contributed by atoms with Gasteiger partial charge in [-0.05, 0) is 37.0 Å². The molecule has 1 aliphatic heterocycles. The first-order chi connectivity index (χ1) is 11.9. The molecule has 7 nitrogen and oxygen atoms in total. The smallest absolute Gasteiger partial charge is 0.280 e. The highest BCUT2D eigenvalue weighted by atomic mass is 32.2. The maximum Gasteiger partial charge on any atom is 0.280 e. The van der Waals surface area contributed by atoms with Gasteiger partial charge in [-0.3, -0.25) is 4.79 Å². The van der Waals surface area contributed by atoms with Crippen LogP contribution < -0.4 is 14.8 Å². The normalized spacial score (nSPS) is 27.1. The second-order valence-corrected chi connectivity index (χ2v) is 8.47. The standard InChI is InChI=1S/C17H25N3O4S/c1-20-16(17(21)18-13-7-3-4-8-13)11-15(19-25(20,22)23)12-6-5-9-14(10-12)24-2/h5-6,9-10,13,15-16,19H,3-4,7-8,11H2,1-2H3,(H,18,21). The van der Waals surface area contributed by atoms with Gasteiger partial charge in [-0.1, -0.05) is 25.0 Å². The summed E-state index contributed by atoms with van der Waals surface area (Å²) < 4.78 is 33.9. The average molecular weight is 367 g/mol. The Morgan fingerprint density at radius 2 is 2.04 bits per heavy atom. The van der Waals surface area contributed by atoms with Crippen LogP contribution in [-0.4, -0.2) is 44.9 Å². The van der Waals surface area contributed by atoms with Crippen molar-refractivity contribution in [1.82, 2.24) is 14.3 Å². The number of methoxy groups -OCH3 is 1. The summed E-state index contributed by atoms with van der Waals surface area (Å²) in [7, 11) is -0.712. The van der Waals surface area contributed by atoms with Gasteiger partial charge in [0, 0.05) is 13.1 Å². The molecule has 0 aromatic heterocycles. The Kier molecular flexibility index (Phi) is 5.31. The van der Waals surface area contributed by atoms with Gasteiger partial charge >= 0.3 is 0 Å². The van der Waals surface area contributed by atoms with Gasteiger partial charge in [-0.2, -0.15) is 17.4 Å². The number of amides is 1. The van der Waals surface area contributed by atoms with Crippen molar-refractivity contribution in [3.05, 3.63) is 29.8 Å². The van der Waals surface area contributed by atoms with Crippen LogP contribution in [0.4, 0.5) is 0 Å². The maximum atomic E-state index is 12.7. The molecule has 1 saturated heterocycles. The number of benzene rings is 1. The zero-order valence-corrected chi connectivity index (χ0v) is 15.4. The van der Waals surface area contributed by atoms with Gasteiger partial charge in [-0.15, -0.1) is 0 Å². The van der Waals surface area contributed by atoms with Crippen molar-refractivity contribution in [2.24, 2.45) is 0 Å². The number of rotatable bonds is 4. The second kappa shape index (κ2) is 7.31. The van der Waals surface area contributed by atoms with Crippen LogP contribution in [0.5, 0.6) is 5.75 Å². The predicted molar refractivity (Wildman–Crippen MR) is 94.4 cm³/mol. The molecule has 2 N–H and O–H groups in total. The summed E-state index contributed by atoms with van der Waals surface area (Å²) in [6.45, 7) is 0. The van der Waals surface area contributed by atoms with Crippen molar-refractivity contribution >= 4 is 16.1 Å². The summed E-state index contributed by atoms with van der Waals surface area (Å²) in [6.07, 6.45) is 4.52. The number of hydrogen-bond acceptors (Lipinski definition) is 4. The van der Waals surface area contributed by atoms with Crippen LogP contribution in [0.15, 0.2) is 24.3 Å². The van der Waals surface area contributed by atoms with Crippen LogP contribution in [-0.2, 0) is 15.0 Å². The molecule has 25 heavy (non-hydrogen) atoms. The molecular weight excluding hydrogens is 342 g/mol. The van der Waals surface area contributed by atoms with Crippen LogP contribution in [0.25, 0.3) is 0 Å². The number of hydrogen-bond donors (Lipinski definition) is 2. The van der Waals surface area contributed by atoms with Crippen molar-refractivity contribution in [2.75, 3.05) is 14.2 Å². The highest BCUT2D eigenvalue weighted by molar-refractivity contribution is 7.87. The molecule has 8 heteroatoms. The second-order valence-electron chi connectivity index (χ2n) is 6.71. The Labute approximate surface area is 148 Å². The molecule has 0 radical (unpaired) electrons. The van der Waals surface area contributed by atoms with Crippen LogP contribution in [0.3, 0.4) is 0 Å². The summed E-state index contributed by atoms with van der Waals surface area (Å²) in [6, 6.07) is 6.23. The fourth-order valence-corrected chi connectivity index (χ4v) is 4.83. The highest BCUT2D eigenvalue weighted by Crippen LogP contribution is 2.30. The molecule has 0 spiro atoms. The predicted octanol–water partition coefficient (Wildman–Crippen LogP) is 1.33. The Morgan fingerprint density at radius 3 is 2.72 bits per heavy atom. The fraction of sp³-hybridized carbons (Fsp3) is 0.588. The van der Waals surface area contributed by atoms with Gasteiger partial charge in [0.15, 0.2) is 0 Å². The molecule has 2 fully saturated rings. The molecule has 2 atom stereocenters. The van der Waals surface area contributed by atoms with E-state index in [9.17, 15) is 13.2 Å². The number of nitrogens with zero attached hydrogens (tertiary/aromatic N) is 1. The lowest BCUT2D eigenvalue weighted by atomic mass is 9.99. The third kappa shape index (κ3) is 3.96. The van der Waals surface area contributed by atoms with Gasteiger partial charge in [0.05, 0.1) is 13.2 Å². The van der Waals surface area contributed by atoms with Gasteiger partial charge in [0.2, 0.25) is 5.91 Å². The van der Waals surface area contributed by atoms with E-state index in [0.29, 0.717) is 12.2 Å². The van der Waals surface area contributed by atoms with E-state index in [1.807, 2.05) is 12.1 Å². The Bertz CT molecular complexity index is 731. The number of nitrogens with one attached hydrogen (secondary N) is 2. The molecule has 1 aromatic rings. The first-order valence-corrected chi connectivity index (χ1v) is 10.0. The lowest BCUT2D eigenvalue weighted by Gasteiger charge is -2.36. The van der Waals surface area contributed by atoms with Crippen LogP contribution in [0, 0.1) is 0 Å².